The van der Waals surface area contributed by atoms with Crippen molar-refractivity contribution in [2.75, 3.05) is 7.11 Å². The number of thiocarbonyl (C=S) groups is 1. The Morgan fingerprint density at radius 3 is 2.26 bits per heavy atom. The molecule has 3 atom stereocenters. The number of rotatable bonds is 10. The first-order valence-corrected chi connectivity index (χ1v) is 11.4. The molecule has 34 heavy (non-hydrogen) atoms. The van der Waals surface area contributed by atoms with Crippen molar-refractivity contribution < 1.29 is 28.5 Å². The molecule has 1 heterocycles. The molecule has 0 fully saturated rings. The normalized spacial score (nSPS) is 13.4. The third kappa shape index (κ3) is 7.41. The van der Waals surface area contributed by atoms with Gasteiger partial charge in [-0.15, -0.1) is 0 Å². The largest absolute Gasteiger partial charge is 0.493 e. The first kappa shape index (κ1) is 27.0. The van der Waals surface area contributed by atoms with E-state index in [9.17, 15) is 9.59 Å². The summed E-state index contributed by atoms with van der Waals surface area (Å²) in [5.74, 6) is 0.0354. The predicted molar refractivity (Wildman–Crippen MR) is 132 cm³/mol. The third-order valence-corrected chi connectivity index (χ3v) is 5.28. The van der Waals surface area contributed by atoms with Crippen LogP contribution >= 0.6 is 12.2 Å². The molecule has 1 N–H and O–H groups in total. The molecule has 8 nitrogen and oxygen atoms in total. The number of hydrogen-bond donors (Lipinski definition) is 1. The molecule has 0 radical (unpaired) electrons. The summed E-state index contributed by atoms with van der Waals surface area (Å²) in [7, 11) is 1.44. The average molecular weight is 489 g/mol. The maximum Gasteiger partial charge on any atom is 0.328 e. The number of aryl methyl sites for hydroxylation is 1. The molecule has 0 spiro atoms. The van der Waals surface area contributed by atoms with Gasteiger partial charge in [0.15, 0.2) is 5.75 Å². The molecule has 2 aromatic rings. The highest BCUT2D eigenvalue weighted by molar-refractivity contribution is 7.80. The number of pyridine rings is 1. The lowest BCUT2D eigenvalue weighted by Gasteiger charge is -2.29. The number of hydrogen-bond acceptors (Lipinski definition) is 8. The van der Waals surface area contributed by atoms with Gasteiger partial charge < -0.3 is 24.3 Å². The van der Waals surface area contributed by atoms with Gasteiger partial charge >= 0.3 is 11.9 Å². The van der Waals surface area contributed by atoms with Crippen LogP contribution in [-0.2, 0) is 14.3 Å². The standard InChI is InChI=1S/C25H32N2O6S/c1-14(2)22(17(5)31-19-10-8-15(3)9-11-19)33-25(29)16(4)27-24(34)21-23(32-18(6)28)20(30-7)12-13-26-21/h8-14,16-17,22H,1-7H3,(H,27,34)/t16-,17-,22+/m0/s1. The van der Waals surface area contributed by atoms with Crippen molar-refractivity contribution in [3.05, 3.63) is 47.8 Å². The van der Waals surface area contributed by atoms with E-state index in [1.54, 1.807) is 13.0 Å². The Balaban J connectivity index is 2.09. The van der Waals surface area contributed by atoms with Crippen molar-refractivity contribution in [1.29, 1.82) is 0 Å². The summed E-state index contributed by atoms with van der Waals surface area (Å²) in [6.45, 7) is 10.7. The van der Waals surface area contributed by atoms with Crippen LogP contribution in [0.3, 0.4) is 0 Å². The Morgan fingerprint density at radius 2 is 1.71 bits per heavy atom. The molecule has 0 aliphatic carbocycles. The van der Waals surface area contributed by atoms with E-state index in [1.165, 1.54) is 20.2 Å². The molecular formula is C25H32N2O6S. The Hall–Kier alpha value is -3.20. The molecule has 0 amide bonds. The van der Waals surface area contributed by atoms with E-state index in [0.29, 0.717) is 11.5 Å². The lowest BCUT2D eigenvalue weighted by Crippen LogP contribution is -2.44. The van der Waals surface area contributed by atoms with Gasteiger partial charge in [-0.25, -0.2) is 9.78 Å². The van der Waals surface area contributed by atoms with E-state index in [1.807, 2.05) is 52.0 Å². The minimum absolute atomic E-state index is 0.0131. The van der Waals surface area contributed by atoms with Crippen molar-refractivity contribution in [3.8, 4) is 17.2 Å². The second-order valence-electron chi connectivity index (χ2n) is 8.26. The minimum Gasteiger partial charge on any atom is -0.493 e. The average Bonchev–Trinajstić information content (AvgIpc) is 2.78. The van der Waals surface area contributed by atoms with Crippen LogP contribution in [0.25, 0.3) is 0 Å². The van der Waals surface area contributed by atoms with Crippen LogP contribution in [0.4, 0.5) is 0 Å². The van der Waals surface area contributed by atoms with Crippen LogP contribution in [-0.4, -0.2) is 47.3 Å². The number of nitrogens with one attached hydrogen (secondary N) is 1. The van der Waals surface area contributed by atoms with Gasteiger partial charge in [0.05, 0.1) is 7.11 Å². The highest BCUT2D eigenvalue weighted by atomic mass is 32.1. The van der Waals surface area contributed by atoms with E-state index in [0.717, 1.165) is 5.56 Å². The SMILES string of the molecule is COc1ccnc(C(=S)N[C@@H](C)C(=O)O[C@H](C(C)C)[C@H](C)Oc2ccc(C)cc2)c1OC(C)=O. The molecule has 1 aromatic heterocycles. The Bertz CT molecular complexity index is 1010. The first-order valence-electron chi connectivity index (χ1n) is 11.0. The summed E-state index contributed by atoms with van der Waals surface area (Å²) in [4.78, 5) is 28.7. The molecule has 2 rings (SSSR count). The number of carbonyl (C=O) groups excluding carboxylic acids is 2. The fourth-order valence-electron chi connectivity index (χ4n) is 3.23. The molecule has 9 heteroatoms. The molecule has 0 unspecified atom stereocenters. The van der Waals surface area contributed by atoms with E-state index in [4.69, 9.17) is 31.2 Å². The van der Waals surface area contributed by atoms with Gasteiger partial charge in [-0.1, -0.05) is 43.8 Å². The van der Waals surface area contributed by atoms with Gasteiger partial charge in [-0.3, -0.25) is 4.79 Å². The second kappa shape index (κ2) is 12.3. The maximum absolute atomic E-state index is 12.9. The van der Waals surface area contributed by atoms with E-state index < -0.39 is 24.1 Å². The summed E-state index contributed by atoms with van der Waals surface area (Å²) in [5.41, 5.74) is 1.31. The summed E-state index contributed by atoms with van der Waals surface area (Å²) in [5, 5.41) is 2.91. The topological polar surface area (TPSA) is 96.0 Å². The van der Waals surface area contributed by atoms with Crippen molar-refractivity contribution in [2.24, 2.45) is 5.92 Å². The summed E-state index contributed by atoms with van der Waals surface area (Å²) < 4.78 is 22.3. The molecule has 0 saturated heterocycles. The van der Waals surface area contributed by atoms with Crippen LogP contribution in [0, 0.1) is 12.8 Å². The van der Waals surface area contributed by atoms with Crippen LogP contribution in [0.1, 0.15) is 45.9 Å². The van der Waals surface area contributed by atoms with Crippen molar-refractivity contribution in [3.63, 3.8) is 0 Å². The van der Waals surface area contributed by atoms with Crippen LogP contribution in [0.2, 0.25) is 0 Å². The molecule has 0 aliphatic heterocycles. The molecule has 1 aromatic carbocycles. The number of benzene rings is 1. The number of ether oxygens (including phenoxy) is 4. The lowest BCUT2D eigenvalue weighted by atomic mass is 10.0. The zero-order valence-corrected chi connectivity index (χ0v) is 21.4. The molecular weight excluding hydrogens is 456 g/mol. The number of nitrogens with zero attached hydrogens (tertiary/aromatic N) is 1. The van der Waals surface area contributed by atoms with Crippen molar-refractivity contribution >= 4 is 29.1 Å². The highest BCUT2D eigenvalue weighted by Gasteiger charge is 2.29. The Labute approximate surface area is 206 Å². The minimum atomic E-state index is -0.793. The Kier molecular flexibility index (Phi) is 9.80. The smallest absolute Gasteiger partial charge is 0.328 e. The summed E-state index contributed by atoms with van der Waals surface area (Å²) in [6.07, 6.45) is 0.608. The van der Waals surface area contributed by atoms with Crippen LogP contribution in [0.15, 0.2) is 36.5 Å². The second-order valence-corrected chi connectivity index (χ2v) is 8.67. The molecule has 184 valence electrons. The zero-order valence-electron chi connectivity index (χ0n) is 20.6. The van der Waals surface area contributed by atoms with E-state index in [2.05, 4.69) is 10.3 Å². The van der Waals surface area contributed by atoms with Crippen LogP contribution < -0.4 is 19.5 Å². The summed E-state index contributed by atoms with van der Waals surface area (Å²) >= 11 is 5.42. The zero-order chi connectivity index (χ0) is 25.4. The highest BCUT2D eigenvalue weighted by Crippen LogP contribution is 2.30. The van der Waals surface area contributed by atoms with Gasteiger partial charge in [0.25, 0.3) is 0 Å². The van der Waals surface area contributed by atoms with Gasteiger partial charge in [0.1, 0.15) is 34.7 Å². The molecule has 0 saturated carbocycles. The van der Waals surface area contributed by atoms with Gasteiger partial charge in [0.2, 0.25) is 5.75 Å². The van der Waals surface area contributed by atoms with Crippen molar-refractivity contribution in [2.45, 2.75) is 59.8 Å². The van der Waals surface area contributed by atoms with Gasteiger partial charge in [0, 0.05) is 19.2 Å². The number of aromatic nitrogens is 1. The third-order valence-electron chi connectivity index (χ3n) is 4.97. The van der Waals surface area contributed by atoms with Gasteiger partial charge in [-0.05, 0) is 38.8 Å². The van der Waals surface area contributed by atoms with E-state index >= 15 is 0 Å². The quantitative estimate of drug-likeness (QED) is 0.393. The maximum atomic E-state index is 12.9. The monoisotopic (exact) mass is 488 g/mol. The molecule has 0 aliphatic rings. The van der Waals surface area contributed by atoms with Crippen LogP contribution in [0.5, 0.6) is 17.2 Å². The van der Waals surface area contributed by atoms with Gasteiger partial charge in [-0.2, -0.15) is 0 Å². The summed E-state index contributed by atoms with van der Waals surface area (Å²) in [6, 6.07) is 8.44. The Morgan fingerprint density at radius 1 is 1.06 bits per heavy atom. The molecule has 0 bridgehead atoms. The number of methoxy groups -OCH3 is 1. The lowest BCUT2D eigenvalue weighted by molar-refractivity contribution is -0.158. The number of esters is 2. The first-order chi connectivity index (χ1) is 16.0. The fraction of sp³-hybridized carbons (Fsp3) is 0.440. The fourth-order valence-corrected chi connectivity index (χ4v) is 3.55. The van der Waals surface area contributed by atoms with E-state index in [-0.39, 0.29) is 28.5 Å². The number of carbonyl (C=O) groups is 2. The predicted octanol–water partition coefficient (Wildman–Crippen LogP) is 4.01. The van der Waals surface area contributed by atoms with Crippen molar-refractivity contribution in [1.82, 2.24) is 10.3 Å².